The molecule has 0 saturated heterocycles. The fourth-order valence-electron chi connectivity index (χ4n) is 1.04. The van der Waals surface area contributed by atoms with E-state index in [0.717, 1.165) is 16.3 Å². The van der Waals surface area contributed by atoms with Crippen LogP contribution in [-0.4, -0.2) is 10.1 Å². The van der Waals surface area contributed by atoms with Crippen LogP contribution in [0.15, 0.2) is 6.20 Å². The maximum absolute atomic E-state index is 9.71. The third-order valence-corrected chi connectivity index (χ3v) is 3.07. The van der Waals surface area contributed by atoms with E-state index in [1.165, 1.54) is 0 Å². The van der Waals surface area contributed by atoms with Crippen molar-refractivity contribution in [1.82, 2.24) is 4.98 Å². The molecule has 1 rings (SSSR count). The zero-order valence-electron chi connectivity index (χ0n) is 8.66. The summed E-state index contributed by atoms with van der Waals surface area (Å²) < 4.78 is 0. The number of aromatic nitrogens is 1. The summed E-state index contributed by atoms with van der Waals surface area (Å²) >= 11 is 1.61. The number of rotatable bonds is 3. The van der Waals surface area contributed by atoms with E-state index in [1.807, 2.05) is 0 Å². The van der Waals surface area contributed by atoms with Crippen molar-refractivity contribution in [2.75, 3.05) is 0 Å². The van der Waals surface area contributed by atoms with E-state index >= 15 is 0 Å². The average Bonchev–Trinajstić information content (AvgIpc) is 2.32. The topological polar surface area (TPSA) is 33.1 Å². The molecule has 0 aliphatic rings. The highest BCUT2D eigenvalue weighted by Crippen LogP contribution is 2.26. The summed E-state index contributed by atoms with van der Waals surface area (Å²) in [5.41, 5.74) is -0.743. The molecule has 0 aliphatic heterocycles. The van der Waals surface area contributed by atoms with Crippen molar-refractivity contribution < 1.29 is 5.11 Å². The quantitative estimate of drug-likeness (QED) is 0.811. The molecule has 0 bridgehead atoms. The highest BCUT2D eigenvalue weighted by atomic mass is 32.1. The van der Waals surface area contributed by atoms with Gasteiger partial charge in [-0.1, -0.05) is 13.8 Å². The summed E-state index contributed by atoms with van der Waals surface area (Å²) in [5, 5.41) is 10.8. The van der Waals surface area contributed by atoms with E-state index in [2.05, 4.69) is 18.8 Å². The third kappa shape index (κ3) is 3.08. The Morgan fingerprint density at radius 2 is 2.15 bits per heavy atom. The van der Waals surface area contributed by atoms with Crippen LogP contribution in [0.1, 0.15) is 37.6 Å². The minimum atomic E-state index is -0.743. The first-order valence-corrected chi connectivity index (χ1v) is 5.39. The van der Waals surface area contributed by atoms with Gasteiger partial charge >= 0.3 is 0 Å². The van der Waals surface area contributed by atoms with Crippen LogP contribution in [0, 0.1) is 5.92 Å². The maximum atomic E-state index is 9.71. The van der Waals surface area contributed by atoms with E-state index in [1.54, 1.807) is 31.4 Å². The summed E-state index contributed by atoms with van der Waals surface area (Å²) in [6.07, 6.45) is 2.78. The normalized spacial score (nSPS) is 12.5. The van der Waals surface area contributed by atoms with E-state index in [0.29, 0.717) is 5.92 Å². The summed E-state index contributed by atoms with van der Waals surface area (Å²) in [7, 11) is 0. The Kier molecular flexibility index (Phi) is 3.09. The average molecular weight is 199 g/mol. The van der Waals surface area contributed by atoms with Crippen LogP contribution in [0.25, 0.3) is 0 Å². The molecule has 3 heteroatoms. The second kappa shape index (κ2) is 3.76. The molecule has 0 saturated carbocycles. The number of aliphatic hydroxyl groups is 1. The second-order valence-electron chi connectivity index (χ2n) is 4.28. The van der Waals surface area contributed by atoms with Gasteiger partial charge in [0.25, 0.3) is 0 Å². The largest absolute Gasteiger partial charge is 0.385 e. The molecule has 74 valence electrons. The first kappa shape index (κ1) is 10.7. The van der Waals surface area contributed by atoms with E-state index in [9.17, 15) is 5.11 Å². The Morgan fingerprint density at radius 1 is 1.54 bits per heavy atom. The van der Waals surface area contributed by atoms with Crippen LogP contribution in [0.5, 0.6) is 0 Å². The molecule has 1 heterocycles. The number of nitrogens with zero attached hydrogens (tertiary/aromatic N) is 1. The van der Waals surface area contributed by atoms with Crippen molar-refractivity contribution >= 4 is 11.3 Å². The van der Waals surface area contributed by atoms with Crippen molar-refractivity contribution in [2.45, 2.75) is 39.7 Å². The van der Waals surface area contributed by atoms with Crippen LogP contribution in [0.2, 0.25) is 0 Å². The Morgan fingerprint density at radius 3 is 2.54 bits per heavy atom. The fourth-order valence-corrected chi connectivity index (χ4v) is 2.17. The van der Waals surface area contributed by atoms with Gasteiger partial charge in [0.2, 0.25) is 0 Å². The molecule has 0 aliphatic carbocycles. The lowest BCUT2D eigenvalue weighted by atomic mass is 10.1. The van der Waals surface area contributed by atoms with Gasteiger partial charge in [-0.25, -0.2) is 4.98 Å². The monoisotopic (exact) mass is 199 g/mol. The Bertz CT molecular complexity index is 273. The van der Waals surface area contributed by atoms with E-state index < -0.39 is 5.60 Å². The summed E-state index contributed by atoms with van der Waals surface area (Å²) in [6, 6.07) is 0. The minimum Gasteiger partial charge on any atom is -0.385 e. The standard InChI is InChI=1S/C10H17NOS/c1-7(2)5-9-11-6-8(13-9)10(3,4)12/h6-7,12H,5H2,1-4H3. The van der Waals surface area contributed by atoms with Gasteiger partial charge in [-0.3, -0.25) is 0 Å². The molecular weight excluding hydrogens is 182 g/mol. The van der Waals surface area contributed by atoms with Crippen molar-refractivity contribution in [1.29, 1.82) is 0 Å². The lowest BCUT2D eigenvalue weighted by Gasteiger charge is -2.13. The molecule has 0 atom stereocenters. The maximum Gasteiger partial charge on any atom is 0.0948 e. The highest BCUT2D eigenvalue weighted by molar-refractivity contribution is 7.11. The predicted molar refractivity (Wildman–Crippen MR) is 55.9 cm³/mol. The Hall–Kier alpha value is -0.410. The van der Waals surface area contributed by atoms with Crippen molar-refractivity contribution in [3.63, 3.8) is 0 Å². The van der Waals surface area contributed by atoms with Crippen molar-refractivity contribution in [3.8, 4) is 0 Å². The van der Waals surface area contributed by atoms with Gasteiger partial charge in [0.05, 0.1) is 15.5 Å². The molecule has 0 fully saturated rings. The smallest absolute Gasteiger partial charge is 0.0948 e. The van der Waals surface area contributed by atoms with E-state index in [-0.39, 0.29) is 0 Å². The zero-order chi connectivity index (χ0) is 10.1. The number of hydrogen-bond donors (Lipinski definition) is 1. The van der Waals surface area contributed by atoms with Crippen LogP contribution in [-0.2, 0) is 12.0 Å². The molecule has 0 unspecified atom stereocenters. The van der Waals surface area contributed by atoms with Gasteiger partial charge in [0.15, 0.2) is 0 Å². The molecular formula is C10H17NOS. The molecule has 1 aromatic heterocycles. The summed E-state index contributed by atoms with van der Waals surface area (Å²) in [6.45, 7) is 7.93. The first-order chi connectivity index (χ1) is 5.89. The van der Waals surface area contributed by atoms with Crippen molar-refractivity contribution in [2.24, 2.45) is 5.92 Å². The minimum absolute atomic E-state index is 0.626. The summed E-state index contributed by atoms with van der Waals surface area (Å²) in [4.78, 5) is 5.23. The first-order valence-electron chi connectivity index (χ1n) is 4.57. The Balaban J connectivity index is 2.75. The molecule has 13 heavy (non-hydrogen) atoms. The molecule has 0 radical (unpaired) electrons. The molecule has 1 N–H and O–H groups in total. The Labute approximate surface area is 83.6 Å². The van der Waals surface area contributed by atoms with Crippen molar-refractivity contribution in [3.05, 3.63) is 16.1 Å². The second-order valence-corrected chi connectivity index (χ2v) is 5.39. The molecule has 0 amide bonds. The lowest BCUT2D eigenvalue weighted by Crippen LogP contribution is -2.12. The highest BCUT2D eigenvalue weighted by Gasteiger charge is 2.19. The third-order valence-electron chi connectivity index (χ3n) is 1.74. The number of thiazole rings is 1. The van der Waals surface area contributed by atoms with E-state index in [4.69, 9.17) is 0 Å². The van der Waals surface area contributed by atoms with Gasteiger partial charge in [0.1, 0.15) is 0 Å². The molecule has 0 aromatic carbocycles. The fraction of sp³-hybridized carbons (Fsp3) is 0.700. The molecule has 1 aromatic rings. The summed E-state index contributed by atoms with van der Waals surface area (Å²) in [5.74, 6) is 0.626. The van der Waals surface area contributed by atoms with Gasteiger partial charge in [-0.05, 0) is 19.8 Å². The predicted octanol–water partition coefficient (Wildman–Crippen LogP) is 2.57. The van der Waals surface area contributed by atoms with Gasteiger partial charge in [0, 0.05) is 12.6 Å². The van der Waals surface area contributed by atoms with Gasteiger partial charge in [-0.15, -0.1) is 11.3 Å². The zero-order valence-corrected chi connectivity index (χ0v) is 9.48. The SMILES string of the molecule is CC(C)Cc1ncc(C(C)(C)O)s1. The van der Waals surface area contributed by atoms with Gasteiger partial charge in [-0.2, -0.15) is 0 Å². The van der Waals surface area contributed by atoms with Crippen LogP contribution >= 0.6 is 11.3 Å². The molecule has 2 nitrogen and oxygen atoms in total. The number of hydrogen-bond acceptors (Lipinski definition) is 3. The molecule has 0 spiro atoms. The van der Waals surface area contributed by atoms with Gasteiger partial charge < -0.3 is 5.11 Å². The van der Waals surface area contributed by atoms with Crippen LogP contribution in [0.4, 0.5) is 0 Å². The lowest BCUT2D eigenvalue weighted by molar-refractivity contribution is 0.0823. The van der Waals surface area contributed by atoms with Crippen LogP contribution in [0.3, 0.4) is 0 Å². The van der Waals surface area contributed by atoms with Crippen LogP contribution < -0.4 is 0 Å².